The highest BCUT2D eigenvalue weighted by atomic mass is 35.5. The first-order chi connectivity index (χ1) is 16.4. The predicted molar refractivity (Wildman–Crippen MR) is 128 cm³/mol. The van der Waals surface area contributed by atoms with E-state index in [0.717, 1.165) is 54.8 Å². The molecule has 0 radical (unpaired) electrons. The minimum absolute atomic E-state index is 0.0799. The van der Waals surface area contributed by atoms with E-state index >= 15 is 0 Å². The summed E-state index contributed by atoms with van der Waals surface area (Å²) < 4.78 is 29.4. The number of allylic oxidation sites excluding steroid dienone is 4. The van der Waals surface area contributed by atoms with Gasteiger partial charge >= 0.3 is 0 Å². The molecule has 1 unspecified atom stereocenters. The Morgan fingerprint density at radius 3 is 2.85 bits per heavy atom. The lowest BCUT2D eigenvalue weighted by Gasteiger charge is -2.33. The molecular formula is C25H32ClF2N5O. The fraction of sp³-hybridized carbons (Fsp3) is 0.640. The maximum absolute atomic E-state index is 13.7. The molecule has 2 heterocycles. The highest BCUT2D eigenvalue weighted by molar-refractivity contribution is 6.33. The molecule has 0 bridgehead atoms. The number of nitriles is 1. The van der Waals surface area contributed by atoms with Gasteiger partial charge in [-0.05, 0) is 51.1 Å². The molecule has 0 spiro atoms. The molecule has 2 aliphatic carbocycles. The fourth-order valence-corrected chi connectivity index (χ4v) is 5.43. The molecule has 3 aliphatic rings. The standard InChI is InChI=1S/C25H32ClF2N5O/c26-21-9-4-3-8-20(21)23-16-22(31-33(23)19-6-1-2-7-19)24(34)30-18(10-13-29)11-15-32-14-5-12-25(27,28)17-32/h3,8,16,18-19H,1-2,4-7,9-12,14-15,17H2,(H,30,34). The van der Waals surface area contributed by atoms with Crippen molar-refractivity contribution in [2.75, 3.05) is 19.6 Å². The number of nitrogens with one attached hydrogen (secondary N) is 1. The molecule has 9 heteroatoms. The lowest BCUT2D eigenvalue weighted by molar-refractivity contribution is -0.0644. The van der Waals surface area contributed by atoms with Gasteiger partial charge in [-0.3, -0.25) is 14.4 Å². The van der Waals surface area contributed by atoms with Gasteiger partial charge in [-0.1, -0.05) is 36.6 Å². The fourth-order valence-electron chi connectivity index (χ4n) is 5.17. The van der Waals surface area contributed by atoms with Crippen molar-refractivity contribution in [3.63, 3.8) is 0 Å². The average Bonchev–Trinajstić information content (AvgIpc) is 3.47. The number of amides is 1. The van der Waals surface area contributed by atoms with Crippen LogP contribution in [0.25, 0.3) is 5.57 Å². The van der Waals surface area contributed by atoms with Gasteiger partial charge < -0.3 is 5.32 Å². The zero-order valence-electron chi connectivity index (χ0n) is 19.4. The van der Waals surface area contributed by atoms with E-state index in [1.165, 1.54) is 0 Å². The summed E-state index contributed by atoms with van der Waals surface area (Å²) in [6.07, 6.45) is 11.0. The molecule has 1 aromatic rings. The van der Waals surface area contributed by atoms with E-state index in [4.69, 9.17) is 11.6 Å². The van der Waals surface area contributed by atoms with Crippen molar-refractivity contribution in [1.29, 1.82) is 5.26 Å². The number of alkyl halides is 2. The van der Waals surface area contributed by atoms with Crippen LogP contribution in [0, 0.1) is 11.3 Å². The Bertz CT molecular complexity index is 990. The van der Waals surface area contributed by atoms with Crippen LogP contribution >= 0.6 is 11.6 Å². The number of halogens is 3. The predicted octanol–water partition coefficient (Wildman–Crippen LogP) is 5.43. The van der Waals surface area contributed by atoms with Gasteiger partial charge in [-0.2, -0.15) is 10.4 Å². The van der Waals surface area contributed by atoms with Crippen molar-refractivity contribution in [3.8, 4) is 6.07 Å². The number of rotatable bonds is 8. The molecule has 1 saturated carbocycles. The summed E-state index contributed by atoms with van der Waals surface area (Å²) in [5.41, 5.74) is 2.06. The number of aromatic nitrogens is 2. The number of carbonyl (C=O) groups is 1. The molecule has 1 aromatic heterocycles. The first kappa shape index (κ1) is 24.9. The molecule has 2 fully saturated rings. The van der Waals surface area contributed by atoms with E-state index < -0.39 is 12.0 Å². The van der Waals surface area contributed by atoms with Gasteiger partial charge in [0, 0.05) is 29.6 Å². The highest BCUT2D eigenvalue weighted by Crippen LogP contribution is 2.36. The van der Waals surface area contributed by atoms with E-state index in [1.54, 1.807) is 11.0 Å². The zero-order valence-corrected chi connectivity index (χ0v) is 20.2. The zero-order chi connectivity index (χ0) is 24.1. The van der Waals surface area contributed by atoms with Crippen LogP contribution in [-0.4, -0.2) is 52.2 Å². The van der Waals surface area contributed by atoms with Gasteiger partial charge in [0.15, 0.2) is 5.69 Å². The second-order valence-corrected chi connectivity index (χ2v) is 10.1. The molecular weight excluding hydrogens is 460 g/mol. The Labute approximate surface area is 204 Å². The van der Waals surface area contributed by atoms with Gasteiger partial charge in [-0.25, -0.2) is 8.78 Å². The van der Waals surface area contributed by atoms with Gasteiger partial charge in [0.2, 0.25) is 0 Å². The van der Waals surface area contributed by atoms with Gasteiger partial charge in [0.1, 0.15) is 0 Å². The molecule has 34 heavy (non-hydrogen) atoms. The minimum Gasteiger partial charge on any atom is -0.347 e. The van der Waals surface area contributed by atoms with Crippen LogP contribution in [-0.2, 0) is 0 Å². The molecule has 1 aliphatic heterocycles. The summed E-state index contributed by atoms with van der Waals surface area (Å²) in [7, 11) is 0. The second kappa shape index (κ2) is 11.0. The molecule has 1 saturated heterocycles. The average molecular weight is 492 g/mol. The maximum Gasteiger partial charge on any atom is 0.272 e. The van der Waals surface area contributed by atoms with Crippen LogP contribution in [0.1, 0.15) is 86.4 Å². The van der Waals surface area contributed by atoms with Gasteiger partial charge in [0.25, 0.3) is 11.8 Å². The Hall–Kier alpha value is -2.24. The van der Waals surface area contributed by atoms with Crippen LogP contribution in [0.5, 0.6) is 0 Å². The van der Waals surface area contributed by atoms with Crippen LogP contribution in [0.4, 0.5) is 8.78 Å². The number of carbonyl (C=O) groups excluding carboxylic acids is 1. The summed E-state index contributed by atoms with van der Waals surface area (Å²) in [5, 5.41) is 17.6. The Kier molecular flexibility index (Phi) is 8.05. The van der Waals surface area contributed by atoms with E-state index in [2.05, 4.69) is 22.6 Å². The molecule has 6 nitrogen and oxygen atoms in total. The van der Waals surface area contributed by atoms with Crippen LogP contribution in [0.2, 0.25) is 0 Å². The van der Waals surface area contributed by atoms with E-state index in [0.29, 0.717) is 31.6 Å². The number of likely N-dealkylation sites (tertiary alicyclic amines) is 1. The lowest BCUT2D eigenvalue weighted by Crippen LogP contribution is -2.45. The smallest absolute Gasteiger partial charge is 0.272 e. The number of piperidine rings is 1. The molecule has 4 rings (SSSR count). The Morgan fingerprint density at radius 2 is 2.15 bits per heavy atom. The molecule has 1 N–H and O–H groups in total. The first-order valence-corrected chi connectivity index (χ1v) is 12.7. The lowest BCUT2D eigenvalue weighted by atomic mass is 10.0. The van der Waals surface area contributed by atoms with Crippen molar-refractivity contribution in [1.82, 2.24) is 20.0 Å². The van der Waals surface area contributed by atoms with Crippen molar-refractivity contribution in [3.05, 3.63) is 34.6 Å². The number of nitrogens with zero attached hydrogens (tertiary/aromatic N) is 4. The minimum atomic E-state index is -2.67. The Morgan fingerprint density at radius 1 is 1.35 bits per heavy atom. The molecule has 1 atom stereocenters. The normalized spacial score (nSPS) is 22.1. The molecule has 0 aromatic carbocycles. The molecule has 184 valence electrons. The van der Waals surface area contributed by atoms with Crippen LogP contribution in [0.15, 0.2) is 23.3 Å². The van der Waals surface area contributed by atoms with Gasteiger partial charge in [-0.15, -0.1) is 0 Å². The maximum atomic E-state index is 13.7. The van der Waals surface area contributed by atoms with E-state index in [1.807, 2.05) is 10.8 Å². The van der Waals surface area contributed by atoms with E-state index in [9.17, 15) is 18.8 Å². The second-order valence-electron chi connectivity index (χ2n) is 9.61. The largest absolute Gasteiger partial charge is 0.347 e. The number of hydrogen-bond donors (Lipinski definition) is 1. The van der Waals surface area contributed by atoms with E-state index in [-0.39, 0.29) is 31.3 Å². The van der Waals surface area contributed by atoms with Crippen LogP contribution < -0.4 is 5.32 Å². The topological polar surface area (TPSA) is 74.0 Å². The summed E-state index contributed by atoms with van der Waals surface area (Å²) in [4.78, 5) is 14.9. The summed E-state index contributed by atoms with van der Waals surface area (Å²) in [6, 6.07) is 3.70. The van der Waals surface area contributed by atoms with Crippen molar-refractivity contribution in [2.24, 2.45) is 0 Å². The third-order valence-corrected chi connectivity index (χ3v) is 7.35. The summed E-state index contributed by atoms with van der Waals surface area (Å²) >= 11 is 6.54. The SMILES string of the molecule is N#CCC(CCN1CCCC(F)(F)C1)NC(=O)c1cc(C2=C(Cl)CCC=C2)n(C2CCCC2)n1. The van der Waals surface area contributed by atoms with Gasteiger partial charge in [0.05, 0.1) is 30.8 Å². The quantitative estimate of drug-likeness (QED) is 0.526. The van der Waals surface area contributed by atoms with Crippen LogP contribution in [0.3, 0.4) is 0 Å². The summed E-state index contributed by atoms with van der Waals surface area (Å²) in [6.45, 7) is 0.761. The third kappa shape index (κ3) is 6.05. The summed E-state index contributed by atoms with van der Waals surface area (Å²) in [5.74, 6) is -3.02. The highest BCUT2D eigenvalue weighted by Gasteiger charge is 2.35. The first-order valence-electron chi connectivity index (χ1n) is 12.3. The van der Waals surface area contributed by atoms with Crippen molar-refractivity contribution in [2.45, 2.75) is 82.2 Å². The number of hydrogen-bond acceptors (Lipinski definition) is 4. The van der Waals surface area contributed by atoms with Crippen molar-refractivity contribution < 1.29 is 13.6 Å². The third-order valence-electron chi connectivity index (χ3n) is 6.96. The Balaban J connectivity index is 1.48. The molecule has 1 amide bonds. The monoisotopic (exact) mass is 491 g/mol. The van der Waals surface area contributed by atoms with Crippen molar-refractivity contribution >= 4 is 23.1 Å².